The van der Waals surface area contributed by atoms with E-state index in [4.69, 9.17) is 14.3 Å². The summed E-state index contributed by atoms with van der Waals surface area (Å²) >= 11 is 0. The Morgan fingerprint density at radius 3 is 2.19 bits per heavy atom. The van der Waals surface area contributed by atoms with Gasteiger partial charge in [-0.25, -0.2) is 4.79 Å². The lowest BCUT2D eigenvalue weighted by molar-refractivity contribution is 0.0697. The van der Waals surface area contributed by atoms with Crippen LogP contribution in [0.4, 0.5) is 5.69 Å². The minimum absolute atomic E-state index is 0.128. The van der Waals surface area contributed by atoms with Gasteiger partial charge in [-0.15, -0.1) is 0 Å². The molecule has 1 heterocycles. The van der Waals surface area contributed by atoms with Crippen LogP contribution in [0.5, 0.6) is 5.75 Å². The highest BCUT2D eigenvalue weighted by Crippen LogP contribution is 2.37. The molecule has 2 aromatic carbocycles. The molecular formula is C24H27NO6S. The number of carboxylic acid groups (broad SMARTS) is 1. The van der Waals surface area contributed by atoms with Gasteiger partial charge in [-0.05, 0) is 87.7 Å². The second-order valence-electron chi connectivity index (χ2n) is 7.95. The Balaban J connectivity index is 2.01. The third kappa shape index (κ3) is 4.80. The molecule has 0 saturated carbocycles. The maximum absolute atomic E-state index is 13.4. The van der Waals surface area contributed by atoms with Crippen molar-refractivity contribution in [3.8, 4) is 5.75 Å². The predicted molar refractivity (Wildman–Crippen MR) is 122 cm³/mol. The van der Waals surface area contributed by atoms with Crippen LogP contribution >= 0.6 is 0 Å². The largest absolute Gasteiger partial charge is 0.487 e. The first kappa shape index (κ1) is 23.4. The number of hydrogen-bond donors (Lipinski definition) is 1. The topological polar surface area (TPSA) is 97.0 Å². The van der Waals surface area contributed by atoms with Gasteiger partial charge in [0.1, 0.15) is 18.1 Å². The smallest absolute Gasteiger partial charge is 0.335 e. The van der Waals surface area contributed by atoms with Crippen molar-refractivity contribution >= 4 is 21.7 Å². The van der Waals surface area contributed by atoms with Crippen LogP contribution in [0.25, 0.3) is 0 Å². The van der Waals surface area contributed by atoms with Gasteiger partial charge in [0, 0.05) is 6.04 Å². The number of hydrogen-bond acceptors (Lipinski definition) is 5. The van der Waals surface area contributed by atoms with E-state index in [0.717, 1.165) is 16.7 Å². The fourth-order valence-electron chi connectivity index (χ4n) is 3.30. The average molecular weight is 458 g/mol. The molecule has 0 radical (unpaired) electrons. The van der Waals surface area contributed by atoms with Crippen LogP contribution < -0.4 is 9.04 Å². The molecule has 0 bridgehead atoms. The zero-order valence-electron chi connectivity index (χ0n) is 18.7. The summed E-state index contributed by atoms with van der Waals surface area (Å²) in [5.74, 6) is -0.0792. The lowest BCUT2D eigenvalue weighted by atomic mass is 10.1. The number of aryl methyl sites for hydroxylation is 3. The quantitative estimate of drug-likeness (QED) is 0.506. The van der Waals surface area contributed by atoms with Gasteiger partial charge < -0.3 is 14.3 Å². The molecule has 0 atom stereocenters. The minimum atomic E-state index is -3.96. The van der Waals surface area contributed by atoms with E-state index in [1.165, 1.54) is 22.5 Å². The summed E-state index contributed by atoms with van der Waals surface area (Å²) in [5.41, 5.74) is 3.25. The van der Waals surface area contributed by atoms with Crippen LogP contribution in [0, 0.1) is 20.8 Å². The van der Waals surface area contributed by atoms with E-state index in [1.54, 1.807) is 45.0 Å². The molecule has 0 aliphatic carbocycles. The molecule has 0 aliphatic heterocycles. The van der Waals surface area contributed by atoms with Gasteiger partial charge in [0.15, 0.2) is 0 Å². The first-order chi connectivity index (χ1) is 15.0. The number of rotatable bonds is 8. The van der Waals surface area contributed by atoms with Crippen LogP contribution in [-0.2, 0) is 16.6 Å². The Kier molecular flexibility index (Phi) is 6.64. The summed E-state index contributed by atoms with van der Waals surface area (Å²) in [6, 6.07) is 12.6. The normalized spacial score (nSPS) is 11.6. The van der Waals surface area contributed by atoms with E-state index >= 15 is 0 Å². The molecule has 0 aliphatic rings. The summed E-state index contributed by atoms with van der Waals surface area (Å²) in [6.45, 7) is 9.27. The Labute approximate surface area is 188 Å². The predicted octanol–water partition coefficient (Wildman–Crippen LogP) is 5.09. The van der Waals surface area contributed by atoms with Crippen LogP contribution in [0.2, 0.25) is 0 Å². The zero-order valence-corrected chi connectivity index (χ0v) is 19.6. The average Bonchev–Trinajstić information content (AvgIpc) is 3.16. The first-order valence-corrected chi connectivity index (χ1v) is 11.6. The molecule has 1 N–H and O–H groups in total. The number of carbonyl (C=O) groups is 1. The second kappa shape index (κ2) is 9.08. The summed E-state index contributed by atoms with van der Waals surface area (Å²) in [4.78, 5) is 11.1. The molecular weight excluding hydrogens is 430 g/mol. The molecule has 32 heavy (non-hydrogen) atoms. The molecule has 7 nitrogen and oxygen atoms in total. The van der Waals surface area contributed by atoms with Crippen LogP contribution in [-0.4, -0.2) is 25.5 Å². The maximum Gasteiger partial charge on any atom is 0.335 e. The number of benzene rings is 2. The van der Waals surface area contributed by atoms with E-state index in [2.05, 4.69) is 0 Å². The Morgan fingerprint density at radius 1 is 1.03 bits per heavy atom. The number of aromatic carboxylic acids is 1. The van der Waals surface area contributed by atoms with Gasteiger partial charge in [-0.1, -0.05) is 12.1 Å². The second-order valence-corrected chi connectivity index (χ2v) is 9.70. The molecule has 1 aromatic heterocycles. The lowest BCUT2D eigenvalue weighted by Gasteiger charge is -2.29. The number of anilines is 1. The van der Waals surface area contributed by atoms with Crippen molar-refractivity contribution in [1.29, 1.82) is 0 Å². The van der Waals surface area contributed by atoms with Crippen molar-refractivity contribution in [1.82, 2.24) is 0 Å². The number of sulfonamides is 1. The Morgan fingerprint density at radius 2 is 1.66 bits per heavy atom. The molecule has 0 amide bonds. The molecule has 0 unspecified atom stereocenters. The first-order valence-electron chi connectivity index (χ1n) is 10.2. The summed E-state index contributed by atoms with van der Waals surface area (Å²) in [7, 11) is -3.96. The van der Waals surface area contributed by atoms with E-state index in [1.807, 2.05) is 19.9 Å². The molecule has 0 saturated heterocycles. The van der Waals surface area contributed by atoms with Gasteiger partial charge in [0.25, 0.3) is 10.0 Å². The summed E-state index contributed by atoms with van der Waals surface area (Å²) < 4.78 is 39.7. The molecule has 0 fully saturated rings. The minimum Gasteiger partial charge on any atom is -0.487 e. The third-order valence-corrected chi connectivity index (χ3v) is 6.97. The zero-order chi connectivity index (χ0) is 23.6. The van der Waals surface area contributed by atoms with Crippen molar-refractivity contribution in [2.45, 2.75) is 52.4 Å². The molecule has 3 aromatic rings. The van der Waals surface area contributed by atoms with E-state index < -0.39 is 22.0 Å². The monoisotopic (exact) mass is 457 g/mol. The fourth-order valence-corrected chi connectivity index (χ4v) is 4.93. The highest BCUT2D eigenvalue weighted by molar-refractivity contribution is 7.92. The van der Waals surface area contributed by atoms with E-state index in [-0.39, 0.29) is 17.3 Å². The molecule has 170 valence electrons. The highest BCUT2D eigenvalue weighted by atomic mass is 32.2. The lowest BCUT2D eigenvalue weighted by Crippen LogP contribution is -2.37. The third-order valence-electron chi connectivity index (χ3n) is 5.11. The summed E-state index contributed by atoms with van der Waals surface area (Å²) in [6.07, 6.45) is 0. The standard InChI is InChI=1S/C24H27NO6S/c1-15(2)25(32(28,29)23-11-6-18(5)31-23)21-12-16(3)17(4)13-22(21)30-14-19-7-9-20(10-8-19)24(26)27/h6-13,15H,14H2,1-5H3,(H,26,27). The van der Waals surface area contributed by atoms with Crippen molar-refractivity contribution in [3.63, 3.8) is 0 Å². The number of carboxylic acids is 1. The number of nitrogens with zero attached hydrogens (tertiary/aromatic N) is 1. The Hall–Kier alpha value is -3.26. The Bertz CT molecular complexity index is 1230. The highest BCUT2D eigenvalue weighted by Gasteiger charge is 2.32. The van der Waals surface area contributed by atoms with Crippen molar-refractivity contribution in [3.05, 3.63) is 76.5 Å². The summed E-state index contributed by atoms with van der Waals surface area (Å²) in [5, 5.41) is 8.93. The maximum atomic E-state index is 13.4. The van der Waals surface area contributed by atoms with Gasteiger partial charge in [-0.2, -0.15) is 8.42 Å². The van der Waals surface area contributed by atoms with Gasteiger partial charge >= 0.3 is 5.97 Å². The number of ether oxygens (including phenoxy) is 1. The van der Waals surface area contributed by atoms with Crippen LogP contribution in [0.3, 0.4) is 0 Å². The van der Waals surface area contributed by atoms with Crippen molar-refractivity contribution < 1.29 is 27.5 Å². The van der Waals surface area contributed by atoms with Crippen molar-refractivity contribution in [2.24, 2.45) is 0 Å². The van der Waals surface area contributed by atoms with Gasteiger partial charge in [-0.3, -0.25) is 4.31 Å². The molecule has 0 spiro atoms. The van der Waals surface area contributed by atoms with Gasteiger partial charge in [0.2, 0.25) is 5.09 Å². The van der Waals surface area contributed by atoms with E-state index in [0.29, 0.717) is 17.2 Å². The molecule has 8 heteroatoms. The SMILES string of the molecule is Cc1ccc(S(=O)(=O)N(c2cc(C)c(C)cc2OCc2ccc(C(=O)O)cc2)C(C)C)o1. The number of furan rings is 1. The van der Waals surface area contributed by atoms with Gasteiger partial charge in [0.05, 0.1) is 11.3 Å². The van der Waals surface area contributed by atoms with E-state index in [9.17, 15) is 13.2 Å². The fraction of sp³-hybridized carbons (Fsp3) is 0.292. The van der Waals surface area contributed by atoms with Crippen LogP contribution in [0.15, 0.2) is 58.0 Å². The van der Waals surface area contributed by atoms with Crippen molar-refractivity contribution in [2.75, 3.05) is 4.31 Å². The molecule has 3 rings (SSSR count). The van der Waals surface area contributed by atoms with Crippen LogP contribution in [0.1, 0.15) is 46.7 Å².